The smallest absolute Gasteiger partial charge is 0.0175 e. The standard InChI is InChI=1S/C13H21N/c1-10(2)12-8-13(9-12)11(3)14-6-4-5-7-14/h12-13H,1,3-9H2,2H3. The molecule has 0 spiro atoms. The molecule has 0 amide bonds. The fourth-order valence-corrected chi connectivity index (χ4v) is 2.55. The minimum Gasteiger partial charge on any atom is -0.375 e. The van der Waals surface area contributed by atoms with Crippen LogP contribution in [-0.2, 0) is 0 Å². The van der Waals surface area contributed by atoms with Crippen LogP contribution in [0.5, 0.6) is 0 Å². The van der Waals surface area contributed by atoms with E-state index in [4.69, 9.17) is 0 Å². The lowest BCUT2D eigenvalue weighted by atomic mass is 9.70. The van der Waals surface area contributed by atoms with Crippen molar-refractivity contribution in [2.45, 2.75) is 32.6 Å². The molecule has 0 unspecified atom stereocenters. The molecule has 1 saturated heterocycles. The van der Waals surface area contributed by atoms with Crippen molar-refractivity contribution in [2.24, 2.45) is 11.8 Å². The third-order valence-electron chi connectivity index (χ3n) is 3.82. The summed E-state index contributed by atoms with van der Waals surface area (Å²) in [6.45, 7) is 12.9. The molecule has 1 heterocycles. The van der Waals surface area contributed by atoms with Crippen LogP contribution in [0.1, 0.15) is 32.6 Å². The SMILES string of the molecule is C=C(C)C1CC(C(=C)N2CCCC2)C1. The molecule has 14 heavy (non-hydrogen) atoms. The topological polar surface area (TPSA) is 3.24 Å². The van der Waals surface area contributed by atoms with E-state index in [1.807, 2.05) is 0 Å². The van der Waals surface area contributed by atoms with Gasteiger partial charge in [0.05, 0.1) is 0 Å². The maximum Gasteiger partial charge on any atom is 0.0175 e. The molecule has 0 aromatic heterocycles. The summed E-state index contributed by atoms with van der Waals surface area (Å²) in [6, 6.07) is 0. The maximum absolute atomic E-state index is 4.25. The third-order valence-corrected chi connectivity index (χ3v) is 3.82. The Kier molecular flexibility index (Phi) is 2.66. The van der Waals surface area contributed by atoms with Gasteiger partial charge in [-0.1, -0.05) is 18.7 Å². The van der Waals surface area contributed by atoms with Crippen LogP contribution in [0.15, 0.2) is 24.4 Å². The third kappa shape index (κ3) is 1.73. The van der Waals surface area contributed by atoms with Gasteiger partial charge < -0.3 is 4.90 Å². The van der Waals surface area contributed by atoms with E-state index in [9.17, 15) is 0 Å². The van der Waals surface area contributed by atoms with E-state index < -0.39 is 0 Å². The van der Waals surface area contributed by atoms with Crippen molar-refractivity contribution in [1.29, 1.82) is 0 Å². The first-order valence-corrected chi connectivity index (χ1v) is 5.77. The summed E-state index contributed by atoms with van der Waals surface area (Å²) >= 11 is 0. The lowest BCUT2D eigenvalue weighted by Gasteiger charge is -2.40. The van der Waals surface area contributed by atoms with Crippen molar-refractivity contribution in [1.82, 2.24) is 4.90 Å². The van der Waals surface area contributed by atoms with Crippen molar-refractivity contribution in [3.05, 3.63) is 24.4 Å². The Labute approximate surface area is 87.5 Å². The highest BCUT2D eigenvalue weighted by Crippen LogP contribution is 2.43. The predicted molar refractivity (Wildman–Crippen MR) is 61.0 cm³/mol. The Morgan fingerprint density at radius 3 is 2.14 bits per heavy atom. The largest absolute Gasteiger partial charge is 0.375 e. The number of allylic oxidation sites excluding steroid dienone is 2. The Balaban J connectivity index is 1.81. The van der Waals surface area contributed by atoms with Crippen molar-refractivity contribution in [2.75, 3.05) is 13.1 Å². The molecule has 2 rings (SSSR count). The monoisotopic (exact) mass is 191 g/mol. The summed E-state index contributed by atoms with van der Waals surface area (Å²) in [4.78, 5) is 2.49. The lowest BCUT2D eigenvalue weighted by Crippen LogP contribution is -2.32. The maximum atomic E-state index is 4.25. The van der Waals surface area contributed by atoms with E-state index in [2.05, 4.69) is 25.0 Å². The van der Waals surface area contributed by atoms with Gasteiger partial charge in [-0.3, -0.25) is 0 Å². The molecule has 1 aliphatic heterocycles. The van der Waals surface area contributed by atoms with Gasteiger partial charge in [0.15, 0.2) is 0 Å². The molecule has 0 aromatic carbocycles. The van der Waals surface area contributed by atoms with E-state index in [0.29, 0.717) is 0 Å². The van der Waals surface area contributed by atoms with Crippen LogP contribution >= 0.6 is 0 Å². The van der Waals surface area contributed by atoms with Crippen LogP contribution in [0.2, 0.25) is 0 Å². The Bertz CT molecular complexity index is 242. The molecule has 78 valence electrons. The molecule has 0 atom stereocenters. The van der Waals surface area contributed by atoms with Gasteiger partial charge in [0, 0.05) is 18.8 Å². The van der Waals surface area contributed by atoms with Crippen LogP contribution in [-0.4, -0.2) is 18.0 Å². The van der Waals surface area contributed by atoms with Gasteiger partial charge in [-0.25, -0.2) is 0 Å². The summed E-state index contributed by atoms with van der Waals surface area (Å²) in [5, 5.41) is 0. The quantitative estimate of drug-likeness (QED) is 0.619. The predicted octanol–water partition coefficient (Wildman–Crippen LogP) is 3.20. The zero-order chi connectivity index (χ0) is 10.1. The number of likely N-dealkylation sites (tertiary alicyclic amines) is 1. The van der Waals surface area contributed by atoms with Crippen LogP contribution in [0.3, 0.4) is 0 Å². The summed E-state index contributed by atoms with van der Waals surface area (Å²) in [6.07, 6.45) is 5.31. The molecule has 1 nitrogen and oxygen atoms in total. The van der Waals surface area contributed by atoms with Gasteiger partial charge in [0.25, 0.3) is 0 Å². The molecule has 1 heteroatoms. The minimum atomic E-state index is 0.759. The second-order valence-corrected chi connectivity index (χ2v) is 4.90. The number of hydrogen-bond donors (Lipinski definition) is 0. The van der Waals surface area contributed by atoms with E-state index >= 15 is 0 Å². The second-order valence-electron chi connectivity index (χ2n) is 4.90. The van der Waals surface area contributed by atoms with Crippen LogP contribution < -0.4 is 0 Å². The van der Waals surface area contributed by atoms with Crippen LogP contribution in [0, 0.1) is 11.8 Å². The fourth-order valence-electron chi connectivity index (χ4n) is 2.55. The van der Waals surface area contributed by atoms with Crippen molar-refractivity contribution in [3.63, 3.8) is 0 Å². The fraction of sp³-hybridized carbons (Fsp3) is 0.692. The summed E-state index contributed by atoms with van der Waals surface area (Å²) in [5.74, 6) is 1.54. The highest BCUT2D eigenvalue weighted by Gasteiger charge is 2.33. The molecule has 0 bridgehead atoms. The molecule has 2 aliphatic rings. The molecule has 0 aromatic rings. The van der Waals surface area contributed by atoms with Crippen molar-refractivity contribution in [3.8, 4) is 0 Å². The van der Waals surface area contributed by atoms with Gasteiger partial charge in [-0.15, -0.1) is 0 Å². The minimum absolute atomic E-state index is 0.759. The highest BCUT2D eigenvalue weighted by atomic mass is 15.2. The molecule has 2 fully saturated rings. The van der Waals surface area contributed by atoms with Crippen LogP contribution in [0.25, 0.3) is 0 Å². The second kappa shape index (κ2) is 3.80. The summed E-state index contributed by atoms with van der Waals surface area (Å²) in [7, 11) is 0. The van der Waals surface area contributed by atoms with Gasteiger partial charge in [-0.2, -0.15) is 0 Å². The van der Waals surface area contributed by atoms with Gasteiger partial charge in [0.1, 0.15) is 0 Å². The van der Waals surface area contributed by atoms with Gasteiger partial charge in [0.2, 0.25) is 0 Å². The van der Waals surface area contributed by atoms with E-state index in [1.165, 1.54) is 50.0 Å². The zero-order valence-corrected chi connectivity index (χ0v) is 9.26. The average molecular weight is 191 g/mol. The first-order chi connectivity index (χ1) is 6.68. The molecular weight excluding hydrogens is 170 g/mol. The first-order valence-electron chi connectivity index (χ1n) is 5.77. The Morgan fingerprint density at radius 2 is 1.64 bits per heavy atom. The molecule has 0 radical (unpaired) electrons. The number of rotatable bonds is 3. The van der Waals surface area contributed by atoms with Gasteiger partial charge in [-0.05, 0) is 44.4 Å². The van der Waals surface area contributed by atoms with Crippen molar-refractivity contribution < 1.29 is 0 Å². The van der Waals surface area contributed by atoms with Crippen LogP contribution in [0.4, 0.5) is 0 Å². The normalized spacial score (nSPS) is 31.4. The number of hydrogen-bond acceptors (Lipinski definition) is 1. The molecule has 1 saturated carbocycles. The van der Waals surface area contributed by atoms with E-state index in [1.54, 1.807) is 0 Å². The molecule has 1 aliphatic carbocycles. The Morgan fingerprint density at radius 1 is 1.07 bits per heavy atom. The first kappa shape index (κ1) is 9.82. The average Bonchev–Trinajstić information content (AvgIpc) is 2.51. The zero-order valence-electron chi connectivity index (χ0n) is 9.26. The number of nitrogens with zero attached hydrogens (tertiary/aromatic N) is 1. The Hall–Kier alpha value is -0.720. The molecular formula is C13H21N. The highest BCUT2D eigenvalue weighted by molar-refractivity contribution is 5.13. The van der Waals surface area contributed by atoms with E-state index in [0.717, 1.165) is 11.8 Å². The lowest BCUT2D eigenvalue weighted by molar-refractivity contribution is 0.215. The van der Waals surface area contributed by atoms with E-state index in [-0.39, 0.29) is 0 Å². The molecule has 0 N–H and O–H groups in total. The summed E-state index contributed by atoms with van der Waals surface area (Å²) < 4.78 is 0. The van der Waals surface area contributed by atoms with Gasteiger partial charge >= 0.3 is 0 Å². The van der Waals surface area contributed by atoms with Crippen molar-refractivity contribution >= 4 is 0 Å². The summed E-state index contributed by atoms with van der Waals surface area (Å²) in [5.41, 5.74) is 2.76.